The van der Waals surface area contributed by atoms with E-state index in [1.54, 1.807) is 6.20 Å². The van der Waals surface area contributed by atoms with Crippen molar-refractivity contribution in [1.29, 1.82) is 0 Å². The van der Waals surface area contributed by atoms with Crippen LogP contribution in [0.25, 0.3) is 0 Å². The lowest BCUT2D eigenvalue weighted by molar-refractivity contribution is 0.205. The molecule has 16 heavy (non-hydrogen) atoms. The summed E-state index contributed by atoms with van der Waals surface area (Å²) < 4.78 is 2.72. The highest BCUT2D eigenvalue weighted by Crippen LogP contribution is 2.28. The van der Waals surface area contributed by atoms with Crippen molar-refractivity contribution in [2.75, 3.05) is 0 Å². The number of halogens is 1. The van der Waals surface area contributed by atoms with E-state index in [0.29, 0.717) is 5.82 Å². The van der Waals surface area contributed by atoms with Gasteiger partial charge in [0.25, 0.3) is 0 Å². The van der Waals surface area contributed by atoms with E-state index in [4.69, 9.17) is 0 Å². The first kappa shape index (κ1) is 11.4. The molecule has 1 atom stereocenters. The minimum atomic E-state index is -0.700. The number of nitrogens with zero attached hydrogens (tertiary/aromatic N) is 2. The first-order valence-corrected chi connectivity index (χ1v) is 5.80. The highest BCUT2D eigenvalue weighted by Gasteiger charge is 2.17. The first-order valence-electron chi connectivity index (χ1n) is 5.01. The van der Waals surface area contributed by atoms with Crippen LogP contribution in [0.1, 0.15) is 23.1 Å². The zero-order valence-corrected chi connectivity index (χ0v) is 10.8. The molecule has 0 saturated heterocycles. The predicted molar refractivity (Wildman–Crippen MR) is 66.1 cm³/mol. The maximum Gasteiger partial charge on any atom is 0.142 e. The Morgan fingerprint density at radius 3 is 2.81 bits per heavy atom. The summed E-state index contributed by atoms with van der Waals surface area (Å²) in [4.78, 5) is 4.15. The molecule has 0 aliphatic carbocycles. The number of aliphatic hydroxyl groups excluding tert-OH is 1. The molecule has 3 nitrogen and oxygen atoms in total. The second-order valence-electron chi connectivity index (χ2n) is 3.82. The van der Waals surface area contributed by atoms with Crippen LogP contribution in [0.3, 0.4) is 0 Å². The van der Waals surface area contributed by atoms with Gasteiger partial charge in [-0.15, -0.1) is 0 Å². The third-order valence-corrected chi connectivity index (χ3v) is 3.27. The third-order valence-electron chi connectivity index (χ3n) is 2.55. The van der Waals surface area contributed by atoms with Crippen molar-refractivity contribution >= 4 is 15.9 Å². The molecule has 1 unspecified atom stereocenters. The minimum absolute atomic E-state index is 0.645. The van der Waals surface area contributed by atoms with Gasteiger partial charge in [-0.3, -0.25) is 0 Å². The zero-order chi connectivity index (χ0) is 11.7. The van der Waals surface area contributed by atoms with Crippen LogP contribution in [0, 0.1) is 6.92 Å². The molecule has 1 aromatic carbocycles. The number of aliphatic hydroxyl groups is 1. The van der Waals surface area contributed by atoms with Gasteiger partial charge in [0, 0.05) is 29.5 Å². The topological polar surface area (TPSA) is 38.1 Å². The van der Waals surface area contributed by atoms with Crippen molar-refractivity contribution in [1.82, 2.24) is 9.55 Å². The SMILES string of the molecule is Cc1ccc(Br)c(C(O)c2nccn2C)c1. The summed E-state index contributed by atoms with van der Waals surface area (Å²) in [5.74, 6) is 0.645. The van der Waals surface area contributed by atoms with Gasteiger partial charge in [0.2, 0.25) is 0 Å². The quantitative estimate of drug-likeness (QED) is 0.918. The van der Waals surface area contributed by atoms with E-state index in [2.05, 4.69) is 20.9 Å². The molecule has 4 heteroatoms. The minimum Gasteiger partial charge on any atom is -0.380 e. The molecular formula is C12H13BrN2O. The van der Waals surface area contributed by atoms with E-state index in [-0.39, 0.29) is 0 Å². The third kappa shape index (κ3) is 2.03. The molecule has 0 radical (unpaired) electrons. The number of rotatable bonds is 2. The lowest BCUT2D eigenvalue weighted by atomic mass is 10.1. The van der Waals surface area contributed by atoms with E-state index in [1.165, 1.54) is 0 Å². The molecular weight excluding hydrogens is 268 g/mol. The molecule has 0 aliphatic heterocycles. The second kappa shape index (κ2) is 4.39. The fraction of sp³-hybridized carbons (Fsp3) is 0.250. The Labute approximate surface area is 103 Å². The molecule has 1 aromatic heterocycles. The van der Waals surface area contributed by atoms with Gasteiger partial charge in [-0.2, -0.15) is 0 Å². The van der Waals surface area contributed by atoms with Crippen LogP contribution >= 0.6 is 15.9 Å². The number of benzene rings is 1. The van der Waals surface area contributed by atoms with Crippen molar-refractivity contribution in [2.24, 2.45) is 7.05 Å². The summed E-state index contributed by atoms with van der Waals surface area (Å²) >= 11 is 3.44. The Hall–Kier alpha value is -1.13. The maximum absolute atomic E-state index is 10.3. The number of imidazole rings is 1. The van der Waals surface area contributed by atoms with Crippen LogP contribution in [0.5, 0.6) is 0 Å². The molecule has 0 fully saturated rings. The van der Waals surface area contributed by atoms with Gasteiger partial charge in [0.15, 0.2) is 0 Å². The number of hydrogen-bond donors (Lipinski definition) is 1. The largest absolute Gasteiger partial charge is 0.380 e. The van der Waals surface area contributed by atoms with Crippen molar-refractivity contribution in [3.63, 3.8) is 0 Å². The summed E-state index contributed by atoms with van der Waals surface area (Å²) in [5, 5.41) is 10.3. The van der Waals surface area contributed by atoms with Crippen LogP contribution in [0.2, 0.25) is 0 Å². The van der Waals surface area contributed by atoms with Gasteiger partial charge < -0.3 is 9.67 Å². The molecule has 0 amide bonds. The summed E-state index contributed by atoms with van der Waals surface area (Å²) in [6.07, 6.45) is 2.80. The Morgan fingerprint density at radius 2 is 2.19 bits per heavy atom. The highest BCUT2D eigenvalue weighted by atomic mass is 79.9. The Kier molecular flexibility index (Phi) is 3.12. The second-order valence-corrected chi connectivity index (χ2v) is 4.68. The molecule has 1 N–H and O–H groups in total. The van der Waals surface area contributed by atoms with Crippen LogP contribution in [0.4, 0.5) is 0 Å². The molecule has 2 rings (SSSR count). The van der Waals surface area contributed by atoms with Gasteiger partial charge >= 0.3 is 0 Å². The van der Waals surface area contributed by atoms with Crippen LogP contribution in [-0.2, 0) is 7.05 Å². The van der Waals surface area contributed by atoms with Crippen molar-refractivity contribution in [3.8, 4) is 0 Å². The lowest BCUT2D eigenvalue weighted by Gasteiger charge is -2.13. The Morgan fingerprint density at radius 1 is 1.44 bits per heavy atom. The first-order chi connectivity index (χ1) is 7.59. The van der Waals surface area contributed by atoms with Gasteiger partial charge in [-0.05, 0) is 13.0 Å². The molecule has 0 saturated carbocycles. The summed E-state index contributed by atoms with van der Waals surface area (Å²) in [5.41, 5.74) is 1.96. The van der Waals surface area contributed by atoms with E-state index in [0.717, 1.165) is 15.6 Å². The smallest absolute Gasteiger partial charge is 0.142 e. The Balaban J connectivity index is 2.45. The average Bonchev–Trinajstić information content (AvgIpc) is 2.67. The normalized spacial score (nSPS) is 12.8. The lowest BCUT2D eigenvalue weighted by Crippen LogP contribution is -2.07. The van der Waals surface area contributed by atoms with Gasteiger partial charge in [0.1, 0.15) is 11.9 Å². The molecule has 2 aromatic rings. The van der Waals surface area contributed by atoms with Crippen LogP contribution in [0.15, 0.2) is 35.1 Å². The van der Waals surface area contributed by atoms with Crippen molar-refractivity contribution in [3.05, 3.63) is 52.0 Å². The number of aromatic nitrogens is 2. The monoisotopic (exact) mass is 280 g/mol. The number of aryl methyl sites for hydroxylation is 2. The highest BCUT2D eigenvalue weighted by molar-refractivity contribution is 9.10. The van der Waals surface area contributed by atoms with E-state index in [1.807, 2.05) is 42.9 Å². The predicted octanol–water partition coefficient (Wildman–Crippen LogP) is 2.57. The summed E-state index contributed by atoms with van der Waals surface area (Å²) in [7, 11) is 1.87. The van der Waals surface area contributed by atoms with E-state index < -0.39 is 6.10 Å². The average molecular weight is 281 g/mol. The van der Waals surface area contributed by atoms with E-state index in [9.17, 15) is 5.11 Å². The fourth-order valence-electron chi connectivity index (χ4n) is 1.65. The van der Waals surface area contributed by atoms with Gasteiger partial charge in [-0.1, -0.05) is 33.6 Å². The van der Waals surface area contributed by atoms with Gasteiger partial charge in [0.05, 0.1) is 0 Å². The molecule has 0 spiro atoms. The zero-order valence-electron chi connectivity index (χ0n) is 9.18. The van der Waals surface area contributed by atoms with Gasteiger partial charge in [-0.25, -0.2) is 4.98 Å². The molecule has 84 valence electrons. The summed E-state index contributed by atoms with van der Waals surface area (Å²) in [6, 6.07) is 5.90. The van der Waals surface area contributed by atoms with Crippen LogP contribution in [-0.4, -0.2) is 14.7 Å². The fourth-order valence-corrected chi connectivity index (χ4v) is 2.12. The standard InChI is InChI=1S/C12H13BrN2O/c1-8-3-4-10(13)9(7-8)11(16)12-14-5-6-15(12)2/h3-7,11,16H,1-2H3. The summed E-state index contributed by atoms with van der Waals surface area (Å²) in [6.45, 7) is 2.00. The maximum atomic E-state index is 10.3. The van der Waals surface area contributed by atoms with E-state index >= 15 is 0 Å². The van der Waals surface area contributed by atoms with Crippen molar-refractivity contribution < 1.29 is 5.11 Å². The van der Waals surface area contributed by atoms with Crippen molar-refractivity contribution in [2.45, 2.75) is 13.0 Å². The molecule has 1 heterocycles. The molecule has 0 bridgehead atoms. The van der Waals surface area contributed by atoms with Crippen LogP contribution < -0.4 is 0 Å². The molecule has 0 aliphatic rings. The number of hydrogen-bond acceptors (Lipinski definition) is 2. The Bertz CT molecular complexity index is 507.